The van der Waals surface area contributed by atoms with Crippen LogP contribution >= 0.6 is 11.3 Å². The number of ether oxygens (including phenoxy) is 1. The molecular formula is C19H26FN3O3S. The van der Waals surface area contributed by atoms with Crippen molar-refractivity contribution in [2.75, 3.05) is 33.4 Å². The molecule has 2 amide bonds. The molecule has 1 saturated carbocycles. The highest BCUT2D eigenvalue weighted by Crippen LogP contribution is 2.45. The molecule has 3 heterocycles. The molecule has 4 rings (SSSR count). The molecule has 1 aromatic rings. The zero-order valence-corrected chi connectivity index (χ0v) is 16.5. The Morgan fingerprint density at radius 1 is 1.33 bits per heavy atom. The molecule has 3 fully saturated rings. The Morgan fingerprint density at radius 3 is 2.63 bits per heavy atom. The van der Waals surface area contributed by atoms with Crippen molar-refractivity contribution in [2.24, 2.45) is 5.41 Å². The Labute approximate surface area is 162 Å². The van der Waals surface area contributed by atoms with E-state index in [0.717, 1.165) is 25.7 Å². The second kappa shape index (κ2) is 7.13. The van der Waals surface area contributed by atoms with Gasteiger partial charge in [-0.3, -0.25) is 9.59 Å². The number of carbonyl (C=O) groups is 2. The normalized spacial score (nSPS) is 26.2. The van der Waals surface area contributed by atoms with Crippen molar-refractivity contribution in [3.8, 4) is 0 Å². The van der Waals surface area contributed by atoms with E-state index in [1.807, 2.05) is 4.90 Å². The van der Waals surface area contributed by atoms with Crippen LogP contribution in [0.1, 0.15) is 49.0 Å². The minimum absolute atomic E-state index is 0.0191. The van der Waals surface area contributed by atoms with Crippen molar-refractivity contribution in [1.29, 1.82) is 0 Å². The predicted molar refractivity (Wildman–Crippen MR) is 99.4 cm³/mol. The van der Waals surface area contributed by atoms with Crippen molar-refractivity contribution >= 4 is 23.2 Å². The van der Waals surface area contributed by atoms with Gasteiger partial charge in [0.15, 0.2) is 5.67 Å². The highest BCUT2D eigenvalue weighted by atomic mass is 32.1. The highest BCUT2D eigenvalue weighted by Gasteiger charge is 2.51. The predicted octanol–water partition coefficient (Wildman–Crippen LogP) is 2.51. The summed E-state index contributed by atoms with van der Waals surface area (Å²) >= 11 is 1.41. The van der Waals surface area contributed by atoms with E-state index in [2.05, 4.69) is 4.98 Å². The van der Waals surface area contributed by atoms with E-state index < -0.39 is 5.67 Å². The van der Waals surface area contributed by atoms with Crippen LogP contribution in [0.5, 0.6) is 0 Å². The SMILES string of the molecule is COCC1CC2(CCN(C(=O)C3(F)CCC3)CC2)CN1C(=O)c1cscn1. The van der Waals surface area contributed by atoms with Gasteiger partial charge in [-0.15, -0.1) is 11.3 Å². The highest BCUT2D eigenvalue weighted by molar-refractivity contribution is 7.07. The molecule has 1 atom stereocenters. The number of rotatable bonds is 4. The van der Waals surface area contributed by atoms with Crippen molar-refractivity contribution in [3.05, 3.63) is 16.6 Å². The maximum Gasteiger partial charge on any atom is 0.273 e. The van der Waals surface area contributed by atoms with Gasteiger partial charge in [0.25, 0.3) is 11.8 Å². The smallest absolute Gasteiger partial charge is 0.273 e. The number of amides is 2. The van der Waals surface area contributed by atoms with Crippen molar-refractivity contribution in [1.82, 2.24) is 14.8 Å². The lowest BCUT2D eigenvalue weighted by atomic mass is 9.75. The van der Waals surface area contributed by atoms with Crippen LogP contribution in [0.3, 0.4) is 0 Å². The van der Waals surface area contributed by atoms with Crippen LogP contribution in [-0.2, 0) is 9.53 Å². The number of likely N-dealkylation sites (tertiary alicyclic amines) is 2. The molecule has 1 spiro atoms. The molecule has 2 saturated heterocycles. The fourth-order valence-corrected chi connectivity index (χ4v) is 5.27. The molecular weight excluding hydrogens is 369 g/mol. The van der Waals surface area contributed by atoms with Crippen molar-refractivity contribution in [2.45, 2.75) is 50.2 Å². The van der Waals surface area contributed by atoms with Crippen molar-refractivity contribution < 1.29 is 18.7 Å². The maximum absolute atomic E-state index is 14.5. The van der Waals surface area contributed by atoms with Crippen LogP contribution in [-0.4, -0.2) is 71.7 Å². The van der Waals surface area contributed by atoms with Crippen molar-refractivity contribution in [3.63, 3.8) is 0 Å². The molecule has 148 valence electrons. The number of nitrogens with zero attached hydrogens (tertiary/aromatic N) is 3. The Morgan fingerprint density at radius 2 is 2.07 bits per heavy atom. The quantitative estimate of drug-likeness (QED) is 0.786. The summed E-state index contributed by atoms with van der Waals surface area (Å²) in [7, 11) is 1.65. The number of piperidine rings is 1. The van der Waals surface area contributed by atoms with Gasteiger partial charge < -0.3 is 14.5 Å². The summed E-state index contributed by atoms with van der Waals surface area (Å²) in [5, 5.41) is 1.78. The van der Waals surface area contributed by atoms with Crippen LogP contribution in [0.4, 0.5) is 4.39 Å². The topological polar surface area (TPSA) is 62.7 Å². The van der Waals surface area contributed by atoms with E-state index >= 15 is 0 Å². The monoisotopic (exact) mass is 395 g/mol. The van der Waals surface area contributed by atoms with E-state index in [-0.39, 0.29) is 23.3 Å². The molecule has 8 heteroatoms. The number of halogens is 1. The number of alkyl halides is 1. The van der Waals surface area contributed by atoms with Crippen LogP contribution in [0.15, 0.2) is 10.9 Å². The largest absolute Gasteiger partial charge is 0.383 e. The van der Waals surface area contributed by atoms with Gasteiger partial charge in [0.05, 0.1) is 18.2 Å². The lowest BCUT2D eigenvalue weighted by Crippen LogP contribution is -2.54. The summed E-state index contributed by atoms with van der Waals surface area (Å²) in [5.74, 6) is -0.378. The van der Waals surface area contributed by atoms with Gasteiger partial charge in [0, 0.05) is 32.1 Å². The lowest BCUT2D eigenvalue weighted by Gasteiger charge is -2.43. The molecule has 2 aliphatic heterocycles. The molecule has 1 unspecified atom stereocenters. The number of thiazole rings is 1. The van der Waals surface area contributed by atoms with Gasteiger partial charge >= 0.3 is 0 Å². The van der Waals surface area contributed by atoms with E-state index in [9.17, 15) is 14.0 Å². The number of hydrogen-bond acceptors (Lipinski definition) is 5. The molecule has 1 aromatic heterocycles. The Kier molecular flexibility index (Phi) is 4.96. The third-order valence-electron chi connectivity index (χ3n) is 6.53. The third-order valence-corrected chi connectivity index (χ3v) is 7.11. The summed E-state index contributed by atoms with van der Waals surface area (Å²) in [5.41, 5.74) is 0.511. The number of aromatic nitrogens is 1. The second-order valence-corrected chi connectivity index (χ2v) is 8.95. The third kappa shape index (κ3) is 3.38. The fourth-order valence-electron chi connectivity index (χ4n) is 4.74. The van der Waals surface area contributed by atoms with Crippen LogP contribution in [0.25, 0.3) is 0 Å². The first-order valence-electron chi connectivity index (χ1n) is 9.63. The summed E-state index contributed by atoms with van der Waals surface area (Å²) in [4.78, 5) is 33.1. The summed E-state index contributed by atoms with van der Waals surface area (Å²) in [6, 6.07) is 0.0191. The summed E-state index contributed by atoms with van der Waals surface area (Å²) < 4.78 is 19.8. The second-order valence-electron chi connectivity index (χ2n) is 8.23. The van der Waals surface area contributed by atoms with Crippen LogP contribution < -0.4 is 0 Å². The zero-order chi connectivity index (χ0) is 19.1. The first-order valence-corrected chi connectivity index (χ1v) is 10.6. The standard InChI is InChI=1S/C19H26FN3O3S/c1-26-10-14-9-18(12-23(14)16(24)15-11-27-13-21-15)5-7-22(8-6-18)17(25)19(20)3-2-4-19/h11,13-14H,2-10,12H2,1H3. The minimum atomic E-state index is -1.62. The molecule has 27 heavy (non-hydrogen) atoms. The van der Waals surface area contributed by atoms with E-state index in [1.165, 1.54) is 11.3 Å². The number of hydrogen-bond donors (Lipinski definition) is 0. The Bertz CT molecular complexity index is 699. The molecule has 6 nitrogen and oxygen atoms in total. The summed E-state index contributed by atoms with van der Waals surface area (Å²) in [6.45, 7) is 2.29. The van der Waals surface area contributed by atoms with E-state index in [0.29, 0.717) is 44.8 Å². The summed E-state index contributed by atoms with van der Waals surface area (Å²) in [6.07, 6.45) is 3.98. The average molecular weight is 396 g/mol. The van der Waals surface area contributed by atoms with Crippen LogP contribution in [0, 0.1) is 5.41 Å². The maximum atomic E-state index is 14.5. The molecule has 0 bridgehead atoms. The molecule has 0 N–H and O–H groups in total. The van der Waals surface area contributed by atoms with Gasteiger partial charge in [-0.05, 0) is 43.9 Å². The van der Waals surface area contributed by atoms with Gasteiger partial charge in [0.1, 0.15) is 5.69 Å². The molecule has 1 aliphatic carbocycles. The fraction of sp³-hybridized carbons (Fsp3) is 0.737. The zero-order valence-electron chi connectivity index (χ0n) is 15.7. The van der Waals surface area contributed by atoms with Crippen LogP contribution in [0.2, 0.25) is 0 Å². The molecule has 3 aliphatic rings. The number of carbonyl (C=O) groups excluding carboxylic acids is 2. The van der Waals surface area contributed by atoms with Gasteiger partial charge in [0.2, 0.25) is 0 Å². The van der Waals surface area contributed by atoms with Gasteiger partial charge in [-0.25, -0.2) is 9.37 Å². The Balaban J connectivity index is 1.43. The first-order chi connectivity index (χ1) is 13.0. The average Bonchev–Trinajstić information content (AvgIpc) is 3.29. The van der Waals surface area contributed by atoms with E-state index in [1.54, 1.807) is 22.9 Å². The molecule has 0 aromatic carbocycles. The Hall–Kier alpha value is -1.54. The lowest BCUT2D eigenvalue weighted by molar-refractivity contribution is -0.152. The molecule has 0 radical (unpaired) electrons. The van der Waals surface area contributed by atoms with Gasteiger partial charge in [-0.2, -0.15) is 0 Å². The van der Waals surface area contributed by atoms with E-state index in [4.69, 9.17) is 4.74 Å². The van der Waals surface area contributed by atoms with Gasteiger partial charge in [-0.1, -0.05) is 0 Å². The first kappa shape index (κ1) is 18.8. The number of methoxy groups -OCH3 is 1. The minimum Gasteiger partial charge on any atom is -0.383 e.